The number of nitrogens with one attached hydrogen (secondary N) is 1. The Morgan fingerprint density at radius 3 is 2.59 bits per heavy atom. The van der Waals surface area contributed by atoms with Crippen molar-refractivity contribution in [3.05, 3.63) is 77.3 Å². The number of halogens is 1. The molecule has 0 unspecified atom stereocenters. The minimum Gasteiger partial charge on any atom is -0.488 e. The number of benzene rings is 2. The van der Waals surface area contributed by atoms with Crippen LogP contribution in [-0.4, -0.2) is 44.7 Å². The molecule has 0 aliphatic carbocycles. The Morgan fingerprint density at radius 2 is 1.88 bits per heavy atom. The first kappa shape index (κ1) is 23.5. The van der Waals surface area contributed by atoms with Gasteiger partial charge < -0.3 is 15.2 Å². The Balaban J connectivity index is 0.00000141. The van der Waals surface area contributed by atoms with Gasteiger partial charge in [-0.05, 0) is 35.9 Å². The maximum atomic E-state index is 13.2. The van der Waals surface area contributed by atoms with Crippen LogP contribution in [0.2, 0.25) is 5.02 Å². The van der Waals surface area contributed by atoms with Gasteiger partial charge in [0, 0.05) is 12.1 Å². The predicted octanol–water partition coefficient (Wildman–Crippen LogP) is 3.11. The van der Waals surface area contributed by atoms with Crippen molar-refractivity contribution in [1.29, 1.82) is 0 Å². The number of hydrogen-bond donors (Lipinski definition) is 2. The molecule has 0 atom stereocenters. The van der Waals surface area contributed by atoms with Crippen LogP contribution >= 0.6 is 11.6 Å². The van der Waals surface area contributed by atoms with Crippen LogP contribution in [0.4, 0.5) is 11.6 Å². The SMILES string of the molecule is CO.O=C(Cc1ccccc1)Nc1ccc2c(n1)N(S(=O)(=O)c1cccc(Cl)c1)CCO2. The Kier molecular flexibility index (Phi) is 7.68. The van der Waals surface area contributed by atoms with E-state index in [-0.39, 0.29) is 42.0 Å². The number of aromatic nitrogens is 1. The number of hydrogen-bond acceptors (Lipinski definition) is 6. The number of ether oxygens (including phenoxy) is 1. The van der Waals surface area contributed by atoms with Gasteiger partial charge in [-0.3, -0.25) is 4.79 Å². The number of fused-ring (bicyclic) bond motifs is 1. The molecular weight excluding hydrogens is 454 g/mol. The third-order valence-corrected chi connectivity index (χ3v) is 6.51. The Labute approximate surface area is 191 Å². The molecular formula is C22H22ClN3O5S. The van der Waals surface area contributed by atoms with Gasteiger partial charge in [0.1, 0.15) is 12.4 Å². The summed E-state index contributed by atoms with van der Waals surface area (Å²) in [6.07, 6.45) is 0.181. The van der Waals surface area contributed by atoms with Gasteiger partial charge in [0.15, 0.2) is 11.6 Å². The molecule has 1 amide bonds. The molecule has 0 bridgehead atoms. The van der Waals surface area contributed by atoms with Gasteiger partial charge in [-0.1, -0.05) is 48.0 Å². The van der Waals surface area contributed by atoms with Gasteiger partial charge in [0.2, 0.25) is 5.91 Å². The number of anilines is 2. The molecule has 0 spiro atoms. The summed E-state index contributed by atoms with van der Waals surface area (Å²) < 4.78 is 33.1. The lowest BCUT2D eigenvalue weighted by molar-refractivity contribution is -0.115. The maximum absolute atomic E-state index is 13.2. The number of aliphatic hydroxyl groups excluding tert-OH is 1. The van der Waals surface area contributed by atoms with E-state index in [0.29, 0.717) is 10.8 Å². The quantitative estimate of drug-likeness (QED) is 0.587. The highest BCUT2D eigenvalue weighted by Gasteiger charge is 2.32. The number of nitrogens with zero attached hydrogens (tertiary/aromatic N) is 2. The van der Waals surface area contributed by atoms with Crippen LogP contribution in [0.5, 0.6) is 5.75 Å². The topological polar surface area (TPSA) is 109 Å². The van der Waals surface area contributed by atoms with Crippen molar-refractivity contribution in [2.24, 2.45) is 0 Å². The van der Waals surface area contributed by atoms with Crippen molar-refractivity contribution < 1.29 is 23.1 Å². The molecule has 8 nitrogen and oxygen atoms in total. The zero-order valence-electron chi connectivity index (χ0n) is 17.2. The molecule has 1 aromatic heterocycles. The van der Waals surface area contributed by atoms with Gasteiger partial charge in [-0.25, -0.2) is 17.7 Å². The van der Waals surface area contributed by atoms with Gasteiger partial charge in [-0.15, -0.1) is 0 Å². The largest absolute Gasteiger partial charge is 0.488 e. The fourth-order valence-electron chi connectivity index (χ4n) is 3.10. The number of sulfonamides is 1. The van der Waals surface area contributed by atoms with E-state index in [4.69, 9.17) is 21.4 Å². The molecule has 1 aliphatic rings. The first-order valence-electron chi connectivity index (χ1n) is 9.64. The highest BCUT2D eigenvalue weighted by molar-refractivity contribution is 7.92. The molecule has 32 heavy (non-hydrogen) atoms. The standard InChI is InChI=1S/C21H18ClN3O4S.CH4O/c22-16-7-4-8-17(14-16)30(27,28)25-11-12-29-18-9-10-19(24-21(18)25)23-20(26)13-15-5-2-1-3-6-15;1-2/h1-10,14H,11-13H2,(H,23,24,26);2H,1H3. The molecule has 0 radical (unpaired) electrons. The second kappa shape index (κ2) is 10.4. The van der Waals surface area contributed by atoms with E-state index in [1.54, 1.807) is 24.3 Å². The second-order valence-electron chi connectivity index (χ2n) is 6.61. The summed E-state index contributed by atoms with van der Waals surface area (Å²) in [6.45, 7) is 0.282. The smallest absolute Gasteiger partial charge is 0.265 e. The maximum Gasteiger partial charge on any atom is 0.265 e. The summed E-state index contributed by atoms with van der Waals surface area (Å²) in [6, 6.07) is 18.5. The number of pyridine rings is 1. The zero-order chi connectivity index (χ0) is 23.1. The summed E-state index contributed by atoms with van der Waals surface area (Å²) in [7, 11) is -2.90. The normalized spacial score (nSPS) is 12.7. The van der Waals surface area contributed by atoms with Crippen molar-refractivity contribution in [2.75, 3.05) is 29.9 Å². The Hall–Kier alpha value is -3.14. The van der Waals surface area contributed by atoms with Crippen LogP contribution in [0.25, 0.3) is 0 Å². The predicted molar refractivity (Wildman–Crippen MR) is 123 cm³/mol. The number of carbonyl (C=O) groups excluding carboxylic acids is 1. The van der Waals surface area contributed by atoms with Crippen molar-refractivity contribution in [2.45, 2.75) is 11.3 Å². The van der Waals surface area contributed by atoms with Crippen LogP contribution in [0, 0.1) is 0 Å². The highest BCUT2D eigenvalue weighted by atomic mass is 35.5. The first-order valence-corrected chi connectivity index (χ1v) is 11.5. The third-order valence-electron chi connectivity index (χ3n) is 4.49. The molecule has 3 aromatic rings. The molecule has 168 valence electrons. The summed E-state index contributed by atoms with van der Waals surface area (Å²) in [5.74, 6) is 0.438. The van der Waals surface area contributed by atoms with Gasteiger partial charge in [0.05, 0.1) is 17.9 Å². The molecule has 4 rings (SSSR count). The van der Waals surface area contributed by atoms with E-state index in [1.165, 1.54) is 16.4 Å². The van der Waals surface area contributed by atoms with Gasteiger partial charge >= 0.3 is 0 Å². The highest BCUT2D eigenvalue weighted by Crippen LogP contribution is 2.35. The molecule has 2 N–H and O–H groups in total. The second-order valence-corrected chi connectivity index (χ2v) is 8.91. The van der Waals surface area contributed by atoms with E-state index in [9.17, 15) is 13.2 Å². The molecule has 0 fully saturated rings. The van der Waals surface area contributed by atoms with E-state index in [2.05, 4.69) is 10.3 Å². The summed E-state index contributed by atoms with van der Waals surface area (Å²) in [5.41, 5.74) is 0.862. The summed E-state index contributed by atoms with van der Waals surface area (Å²) >= 11 is 5.97. The number of aliphatic hydroxyl groups is 1. The van der Waals surface area contributed by atoms with E-state index >= 15 is 0 Å². The lowest BCUT2D eigenvalue weighted by atomic mass is 10.1. The summed E-state index contributed by atoms with van der Waals surface area (Å²) in [4.78, 5) is 16.8. The summed E-state index contributed by atoms with van der Waals surface area (Å²) in [5, 5.41) is 10.0. The van der Waals surface area contributed by atoms with E-state index in [0.717, 1.165) is 12.7 Å². The zero-order valence-corrected chi connectivity index (χ0v) is 18.8. The molecule has 10 heteroatoms. The Morgan fingerprint density at radius 1 is 1.12 bits per heavy atom. The average Bonchev–Trinajstić information content (AvgIpc) is 2.80. The molecule has 1 aliphatic heterocycles. The first-order chi connectivity index (χ1) is 15.4. The van der Waals surface area contributed by atoms with Crippen LogP contribution in [0.15, 0.2) is 71.6 Å². The van der Waals surface area contributed by atoms with E-state index in [1.807, 2.05) is 30.3 Å². The number of amides is 1. The molecule has 2 aromatic carbocycles. The molecule has 0 saturated heterocycles. The van der Waals surface area contributed by atoms with Crippen molar-refractivity contribution in [1.82, 2.24) is 4.98 Å². The lowest BCUT2D eigenvalue weighted by Crippen LogP contribution is -2.38. The van der Waals surface area contributed by atoms with Crippen LogP contribution in [-0.2, 0) is 21.2 Å². The van der Waals surface area contributed by atoms with Gasteiger partial charge in [-0.2, -0.15) is 0 Å². The fourth-order valence-corrected chi connectivity index (χ4v) is 4.81. The van der Waals surface area contributed by atoms with E-state index < -0.39 is 10.0 Å². The van der Waals surface area contributed by atoms with Crippen molar-refractivity contribution in [3.8, 4) is 5.75 Å². The molecule has 0 saturated carbocycles. The lowest BCUT2D eigenvalue weighted by Gasteiger charge is -2.29. The number of rotatable bonds is 5. The molecule has 2 heterocycles. The van der Waals surface area contributed by atoms with Crippen LogP contribution in [0.3, 0.4) is 0 Å². The van der Waals surface area contributed by atoms with Crippen molar-refractivity contribution >= 4 is 39.2 Å². The van der Waals surface area contributed by atoms with Crippen molar-refractivity contribution in [3.63, 3.8) is 0 Å². The minimum absolute atomic E-state index is 0.0585. The van der Waals surface area contributed by atoms with Crippen LogP contribution in [0.1, 0.15) is 5.56 Å². The average molecular weight is 476 g/mol. The minimum atomic E-state index is -3.90. The van der Waals surface area contributed by atoms with Gasteiger partial charge in [0.25, 0.3) is 10.0 Å². The fraction of sp³-hybridized carbons (Fsp3) is 0.182. The Bertz CT molecular complexity index is 1190. The monoisotopic (exact) mass is 475 g/mol. The third kappa shape index (κ3) is 5.37. The number of carbonyl (C=O) groups is 1. The van der Waals surface area contributed by atoms with Crippen LogP contribution < -0.4 is 14.4 Å².